The second-order valence-corrected chi connectivity index (χ2v) is 6.18. The zero-order valence-electron chi connectivity index (χ0n) is 13.7. The normalized spacial score (nSPS) is 21.1. The van der Waals surface area contributed by atoms with Crippen LogP contribution in [0.5, 0.6) is 5.75 Å². The first-order chi connectivity index (χ1) is 11.4. The van der Waals surface area contributed by atoms with Crippen LogP contribution in [-0.4, -0.2) is 33.8 Å². The van der Waals surface area contributed by atoms with E-state index in [1.165, 1.54) is 6.33 Å². The minimum absolute atomic E-state index is 0.461. The minimum atomic E-state index is -0.827. The highest BCUT2D eigenvalue weighted by Crippen LogP contribution is 2.41. The van der Waals surface area contributed by atoms with E-state index in [0.717, 1.165) is 5.56 Å². The van der Waals surface area contributed by atoms with Gasteiger partial charge in [0.25, 0.3) is 0 Å². The van der Waals surface area contributed by atoms with Gasteiger partial charge in [0.2, 0.25) is 0 Å². The summed E-state index contributed by atoms with van der Waals surface area (Å²) in [5.74, 6) is 1.88. The molecule has 1 aliphatic rings. The molecular formula is C17H19N5O2. The number of anilines is 2. The molecule has 7 nitrogen and oxygen atoms in total. The van der Waals surface area contributed by atoms with Crippen molar-refractivity contribution in [1.82, 2.24) is 9.97 Å². The Morgan fingerprint density at radius 1 is 1.25 bits per heavy atom. The van der Waals surface area contributed by atoms with Crippen molar-refractivity contribution >= 4 is 11.6 Å². The molecule has 1 aliphatic heterocycles. The predicted octanol–water partition coefficient (Wildman–Crippen LogP) is 2.08. The lowest BCUT2D eigenvalue weighted by Gasteiger charge is -2.42. The van der Waals surface area contributed by atoms with Gasteiger partial charge in [0.1, 0.15) is 35.4 Å². The van der Waals surface area contributed by atoms with Crippen molar-refractivity contribution in [2.45, 2.75) is 31.6 Å². The van der Waals surface area contributed by atoms with Crippen LogP contribution < -0.4 is 15.4 Å². The molecule has 2 atom stereocenters. The Hall–Kier alpha value is -2.85. The molecule has 0 aliphatic carbocycles. The maximum absolute atomic E-state index is 10.8. The molecule has 2 heterocycles. The monoisotopic (exact) mass is 325 g/mol. The number of hydrogen-bond donors (Lipinski definition) is 3. The molecular weight excluding hydrogens is 306 g/mol. The zero-order chi connectivity index (χ0) is 17.3. The van der Waals surface area contributed by atoms with Gasteiger partial charge in [-0.3, -0.25) is 0 Å². The van der Waals surface area contributed by atoms with Crippen LogP contribution >= 0.6 is 0 Å². The molecule has 3 N–H and O–H groups in total. The number of fused-ring (bicyclic) bond motifs is 1. The molecule has 1 aromatic heterocycles. The summed E-state index contributed by atoms with van der Waals surface area (Å²) in [5.41, 5.74) is 0.456. The van der Waals surface area contributed by atoms with Gasteiger partial charge in [-0.2, -0.15) is 5.26 Å². The third kappa shape index (κ3) is 2.84. The average Bonchev–Trinajstić information content (AvgIpc) is 2.58. The number of benzene rings is 1. The van der Waals surface area contributed by atoms with Crippen LogP contribution in [0, 0.1) is 11.3 Å². The van der Waals surface area contributed by atoms with Crippen molar-refractivity contribution in [2.75, 3.05) is 17.7 Å². The van der Waals surface area contributed by atoms with Crippen molar-refractivity contribution in [3.8, 4) is 11.8 Å². The molecule has 0 amide bonds. The molecule has 0 bridgehead atoms. The van der Waals surface area contributed by atoms with Crippen molar-refractivity contribution in [3.63, 3.8) is 0 Å². The van der Waals surface area contributed by atoms with Gasteiger partial charge in [-0.25, -0.2) is 9.97 Å². The third-order valence-corrected chi connectivity index (χ3v) is 4.10. The van der Waals surface area contributed by atoms with Gasteiger partial charge in [0, 0.05) is 18.7 Å². The van der Waals surface area contributed by atoms with Gasteiger partial charge in [0.05, 0.1) is 17.7 Å². The van der Waals surface area contributed by atoms with Crippen molar-refractivity contribution in [3.05, 3.63) is 41.7 Å². The lowest BCUT2D eigenvalue weighted by molar-refractivity contribution is -0.0533. The number of nitriles is 1. The van der Waals surface area contributed by atoms with Crippen LogP contribution in [0.1, 0.15) is 31.0 Å². The fraction of sp³-hybridized carbons (Fsp3) is 0.353. The summed E-state index contributed by atoms with van der Waals surface area (Å²) >= 11 is 0. The molecule has 0 fully saturated rings. The van der Waals surface area contributed by atoms with E-state index >= 15 is 0 Å². The fourth-order valence-corrected chi connectivity index (χ4v) is 2.76. The highest BCUT2D eigenvalue weighted by molar-refractivity contribution is 5.52. The molecule has 0 saturated heterocycles. The Morgan fingerprint density at radius 2 is 2.00 bits per heavy atom. The summed E-state index contributed by atoms with van der Waals surface area (Å²) in [5, 5.41) is 26.1. The number of aliphatic hydroxyl groups is 1. The number of aromatic nitrogens is 2. The average molecular weight is 325 g/mol. The zero-order valence-corrected chi connectivity index (χ0v) is 13.7. The molecule has 24 heavy (non-hydrogen) atoms. The maximum atomic E-state index is 10.8. The summed E-state index contributed by atoms with van der Waals surface area (Å²) in [4.78, 5) is 8.28. The van der Waals surface area contributed by atoms with Gasteiger partial charge in [-0.1, -0.05) is 0 Å². The first-order valence-electron chi connectivity index (χ1n) is 7.62. The fourth-order valence-electron chi connectivity index (χ4n) is 2.76. The molecule has 7 heteroatoms. The van der Waals surface area contributed by atoms with Crippen molar-refractivity contribution in [1.29, 1.82) is 5.26 Å². The van der Waals surface area contributed by atoms with E-state index < -0.39 is 17.7 Å². The molecule has 124 valence electrons. The topological polar surface area (TPSA) is 103 Å². The van der Waals surface area contributed by atoms with Gasteiger partial charge in [-0.05, 0) is 32.0 Å². The molecule has 1 aromatic carbocycles. The van der Waals surface area contributed by atoms with Crippen LogP contribution in [0.3, 0.4) is 0 Å². The predicted molar refractivity (Wildman–Crippen MR) is 89.8 cm³/mol. The van der Waals surface area contributed by atoms with E-state index in [4.69, 9.17) is 10.00 Å². The van der Waals surface area contributed by atoms with E-state index in [1.54, 1.807) is 31.3 Å². The summed E-state index contributed by atoms with van der Waals surface area (Å²) in [6.45, 7) is 3.65. The Kier molecular flexibility index (Phi) is 3.99. The van der Waals surface area contributed by atoms with Crippen LogP contribution in [0.25, 0.3) is 0 Å². The maximum Gasteiger partial charge on any atom is 0.132 e. The summed E-state index contributed by atoms with van der Waals surface area (Å²) in [6, 6.07) is 8.60. The summed E-state index contributed by atoms with van der Waals surface area (Å²) in [7, 11) is 1.77. The van der Waals surface area contributed by atoms with E-state index in [-0.39, 0.29) is 0 Å². The number of hydrogen-bond acceptors (Lipinski definition) is 7. The Balaban J connectivity index is 2.03. The molecule has 3 rings (SSSR count). The first kappa shape index (κ1) is 16.0. The van der Waals surface area contributed by atoms with E-state index in [1.807, 2.05) is 13.8 Å². The van der Waals surface area contributed by atoms with Crippen LogP contribution in [0.15, 0.2) is 30.6 Å². The Morgan fingerprint density at radius 3 is 2.71 bits per heavy atom. The lowest BCUT2D eigenvalue weighted by Crippen LogP contribution is -2.50. The molecule has 0 saturated carbocycles. The number of ether oxygens (including phenoxy) is 1. The molecule has 0 spiro atoms. The minimum Gasteiger partial charge on any atom is -0.485 e. The second-order valence-electron chi connectivity index (χ2n) is 6.18. The van der Waals surface area contributed by atoms with Crippen LogP contribution in [-0.2, 0) is 0 Å². The largest absolute Gasteiger partial charge is 0.485 e. The highest BCUT2D eigenvalue weighted by Gasteiger charge is 2.43. The van der Waals surface area contributed by atoms with Gasteiger partial charge >= 0.3 is 0 Å². The van der Waals surface area contributed by atoms with E-state index in [0.29, 0.717) is 22.9 Å². The number of nitrogens with zero attached hydrogens (tertiary/aromatic N) is 3. The number of nitrogens with one attached hydrogen (secondary N) is 2. The Bertz CT molecular complexity index is 800. The number of aliphatic hydroxyl groups excluding tert-OH is 1. The number of rotatable bonds is 3. The van der Waals surface area contributed by atoms with E-state index in [9.17, 15) is 5.11 Å². The summed E-state index contributed by atoms with van der Waals surface area (Å²) in [6.07, 6.45) is 0.615. The molecule has 0 unspecified atom stereocenters. The van der Waals surface area contributed by atoms with Gasteiger partial charge in [-0.15, -0.1) is 0 Å². The lowest BCUT2D eigenvalue weighted by atomic mass is 9.86. The third-order valence-electron chi connectivity index (χ3n) is 4.10. The van der Waals surface area contributed by atoms with Gasteiger partial charge in [0.15, 0.2) is 0 Å². The smallest absolute Gasteiger partial charge is 0.132 e. The van der Waals surface area contributed by atoms with Crippen molar-refractivity contribution in [2.24, 2.45) is 0 Å². The molecule has 2 aromatic rings. The quantitative estimate of drug-likeness (QED) is 0.793. The molecule has 0 radical (unpaired) electrons. The van der Waals surface area contributed by atoms with Crippen LogP contribution in [0.2, 0.25) is 0 Å². The first-order valence-corrected chi connectivity index (χ1v) is 7.62. The SMILES string of the molecule is CNc1cc(N[C@H]2c3cc(C#N)ccc3OC(C)(C)[C@@H]2O)ncn1. The second kappa shape index (κ2) is 5.98. The van der Waals surface area contributed by atoms with Gasteiger partial charge < -0.3 is 20.5 Å². The summed E-state index contributed by atoms with van der Waals surface area (Å²) < 4.78 is 5.90. The standard InChI is InChI=1S/C17H19N5O2/c1-17(2)16(23)15(22-14-7-13(19-3)20-9-21-14)11-6-10(8-18)4-5-12(11)24-17/h4-7,9,15-16,23H,1-3H3,(H2,19,20,21,22)/t15-,16+/m0/s1. The van der Waals surface area contributed by atoms with E-state index in [2.05, 4.69) is 26.7 Å². The Labute approximate surface area is 140 Å². The van der Waals surface area contributed by atoms with Crippen LogP contribution in [0.4, 0.5) is 11.6 Å². The highest BCUT2D eigenvalue weighted by atomic mass is 16.5. The van der Waals surface area contributed by atoms with Crippen molar-refractivity contribution < 1.29 is 9.84 Å².